The van der Waals surface area contributed by atoms with Crippen LogP contribution in [-0.4, -0.2) is 12.0 Å². The molecule has 0 bridgehead atoms. The van der Waals surface area contributed by atoms with E-state index in [1.807, 2.05) is 12.2 Å². The zero-order valence-electron chi connectivity index (χ0n) is 14.2. The molecule has 0 aliphatic carbocycles. The van der Waals surface area contributed by atoms with Gasteiger partial charge in [0.15, 0.2) is 0 Å². The van der Waals surface area contributed by atoms with Crippen molar-refractivity contribution in [3.05, 3.63) is 12.2 Å². The predicted molar refractivity (Wildman–Crippen MR) is 89.1 cm³/mol. The third-order valence-corrected chi connectivity index (χ3v) is 3.56. The first-order chi connectivity index (χ1) is 11.0. The summed E-state index contributed by atoms with van der Waals surface area (Å²) in [5.41, 5.74) is 0. The number of ketones is 1. The molecular formula is C19H29F3O. The van der Waals surface area contributed by atoms with E-state index in [1.165, 1.54) is 19.3 Å². The summed E-state index contributed by atoms with van der Waals surface area (Å²) in [6.07, 6.45) is 9.73. The van der Waals surface area contributed by atoms with Crippen molar-refractivity contribution in [2.75, 3.05) is 0 Å². The Balaban J connectivity index is 3.26. The van der Waals surface area contributed by atoms with E-state index in [0.29, 0.717) is 12.8 Å². The molecule has 132 valence electrons. The molecule has 0 amide bonds. The first kappa shape index (κ1) is 21.8. The third-order valence-electron chi connectivity index (χ3n) is 3.56. The first-order valence-electron chi connectivity index (χ1n) is 8.72. The molecule has 0 atom stereocenters. The van der Waals surface area contributed by atoms with Crippen molar-refractivity contribution in [2.45, 2.75) is 90.1 Å². The number of carbonyl (C=O) groups is 1. The summed E-state index contributed by atoms with van der Waals surface area (Å²) < 4.78 is 35.9. The first-order valence-corrected chi connectivity index (χ1v) is 8.72. The summed E-state index contributed by atoms with van der Waals surface area (Å²) in [5.74, 6) is 4.54. The molecule has 0 spiro atoms. The van der Waals surface area contributed by atoms with Crippen LogP contribution in [0.15, 0.2) is 12.2 Å². The molecule has 0 aromatic rings. The fourth-order valence-corrected chi connectivity index (χ4v) is 2.19. The molecule has 0 N–H and O–H groups in total. The molecule has 0 aromatic carbocycles. The average molecular weight is 330 g/mol. The Kier molecular flexibility index (Phi) is 13.6. The van der Waals surface area contributed by atoms with E-state index in [9.17, 15) is 18.0 Å². The summed E-state index contributed by atoms with van der Waals surface area (Å²) in [6.45, 7) is 2.08. The van der Waals surface area contributed by atoms with Gasteiger partial charge in [-0.05, 0) is 25.3 Å². The molecule has 0 aliphatic rings. The van der Waals surface area contributed by atoms with Gasteiger partial charge in [-0.25, -0.2) is 0 Å². The van der Waals surface area contributed by atoms with E-state index >= 15 is 0 Å². The highest BCUT2D eigenvalue weighted by Crippen LogP contribution is 2.20. The molecule has 0 fully saturated rings. The van der Waals surface area contributed by atoms with E-state index in [0.717, 1.165) is 38.5 Å². The van der Waals surface area contributed by atoms with Gasteiger partial charge in [0.25, 0.3) is 0 Å². The third kappa shape index (κ3) is 15.4. The maximum absolute atomic E-state index is 12.0. The lowest BCUT2D eigenvalue weighted by atomic mass is 10.0. The van der Waals surface area contributed by atoms with E-state index in [1.54, 1.807) is 0 Å². The van der Waals surface area contributed by atoms with Crippen molar-refractivity contribution >= 4 is 5.78 Å². The Morgan fingerprint density at radius 1 is 0.913 bits per heavy atom. The van der Waals surface area contributed by atoms with Crippen molar-refractivity contribution in [1.29, 1.82) is 0 Å². The lowest BCUT2D eigenvalue weighted by Gasteiger charge is -2.04. The van der Waals surface area contributed by atoms with Gasteiger partial charge in [0.1, 0.15) is 0 Å². The van der Waals surface area contributed by atoms with E-state index in [2.05, 4.69) is 18.8 Å². The number of halogens is 3. The number of rotatable bonds is 12. The predicted octanol–water partition coefficient (Wildman–Crippen LogP) is 6.38. The summed E-state index contributed by atoms with van der Waals surface area (Å²) in [7, 11) is 0. The van der Waals surface area contributed by atoms with Crippen LogP contribution in [0.25, 0.3) is 0 Å². The molecule has 0 heterocycles. The van der Waals surface area contributed by atoms with Crippen LogP contribution in [0.1, 0.15) is 84.0 Å². The van der Waals surface area contributed by atoms with Crippen LogP contribution in [-0.2, 0) is 4.79 Å². The molecule has 0 radical (unpaired) electrons. The van der Waals surface area contributed by atoms with Gasteiger partial charge in [-0.2, -0.15) is 13.2 Å². The fraction of sp³-hybridized carbons (Fsp3) is 0.737. The second-order valence-electron chi connectivity index (χ2n) is 5.73. The quantitative estimate of drug-likeness (QED) is 0.300. The summed E-state index contributed by atoms with van der Waals surface area (Å²) in [6, 6.07) is 0. The van der Waals surface area contributed by atoms with Crippen molar-refractivity contribution in [2.24, 2.45) is 0 Å². The lowest BCUT2D eigenvalue weighted by molar-refractivity contribution is -0.171. The maximum Gasteiger partial charge on any atom is 0.449 e. The van der Waals surface area contributed by atoms with Crippen molar-refractivity contribution in [1.82, 2.24) is 0 Å². The Hall–Kier alpha value is -1.24. The summed E-state index contributed by atoms with van der Waals surface area (Å²) >= 11 is 0. The number of Topliss-reactive ketones (excluding diaryl/α,β-unsaturated/α-hetero) is 1. The highest BCUT2D eigenvalue weighted by Gasteiger charge is 2.36. The average Bonchev–Trinajstić information content (AvgIpc) is 2.50. The molecule has 0 aromatic heterocycles. The molecule has 1 nitrogen and oxygen atoms in total. The highest BCUT2D eigenvalue weighted by atomic mass is 19.4. The molecule has 0 aliphatic heterocycles. The van der Waals surface area contributed by atoms with Crippen LogP contribution in [0.2, 0.25) is 0 Å². The SMILES string of the molecule is CC/C=C\C#CCCCCCCCCCCCC(=O)C(F)(F)F. The molecule has 4 heteroatoms. The highest BCUT2D eigenvalue weighted by molar-refractivity contribution is 5.83. The Labute approximate surface area is 138 Å². The minimum atomic E-state index is -4.66. The fourth-order valence-electron chi connectivity index (χ4n) is 2.19. The molecule has 0 saturated heterocycles. The normalized spacial score (nSPS) is 11.5. The second kappa shape index (κ2) is 14.4. The van der Waals surface area contributed by atoms with Gasteiger partial charge in [0.2, 0.25) is 5.78 Å². The zero-order chi connectivity index (χ0) is 17.4. The zero-order valence-corrected chi connectivity index (χ0v) is 14.2. The minimum absolute atomic E-state index is 0.351. The molecular weight excluding hydrogens is 301 g/mol. The lowest BCUT2D eigenvalue weighted by Crippen LogP contribution is -2.22. The van der Waals surface area contributed by atoms with Crippen LogP contribution >= 0.6 is 0 Å². The van der Waals surface area contributed by atoms with E-state index in [-0.39, 0.29) is 6.42 Å². The molecule has 0 rings (SSSR count). The topological polar surface area (TPSA) is 17.1 Å². The minimum Gasteiger partial charge on any atom is -0.290 e. The number of carbonyl (C=O) groups excluding carboxylic acids is 1. The Morgan fingerprint density at radius 3 is 1.96 bits per heavy atom. The van der Waals surface area contributed by atoms with Gasteiger partial charge in [-0.3, -0.25) is 4.79 Å². The number of hydrogen-bond donors (Lipinski definition) is 0. The van der Waals surface area contributed by atoms with Gasteiger partial charge in [0, 0.05) is 12.8 Å². The van der Waals surface area contributed by atoms with Crippen LogP contribution in [0.4, 0.5) is 13.2 Å². The van der Waals surface area contributed by atoms with Gasteiger partial charge in [-0.1, -0.05) is 69.8 Å². The molecule has 0 unspecified atom stereocenters. The van der Waals surface area contributed by atoms with Crippen LogP contribution in [0.5, 0.6) is 0 Å². The number of unbranched alkanes of at least 4 members (excludes halogenated alkanes) is 9. The second-order valence-corrected chi connectivity index (χ2v) is 5.73. The summed E-state index contributed by atoms with van der Waals surface area (Å²) in [5, 5.41) is 0. The summed E-state index contributed by atoms with van der Waals surface area (Å²) in [4.78, 5) is 10.7. The van der Waals surface area contributed by atoms with Crippen molar-refractivity contribution < 1.29 is 18.0 Å². The van der Waals surface area contributed by atoms with E-state index in [4.69, 9.17) is 0 Å². The van der Waals surface area contributed by atoms with Crippen LogP contribution in [0.3, 0.4) is 0 Å². The molecule has 0 saturated carbocycles. The van der Waals surface area contributed by atoms with Crippen molar-refractivity contribution in [3.8, 4) is 11.8 Å². The monoisotopic (exact) mass is 330 g/mol. The van der Waals surface area contributed by atoms with Crippen LogP contribution in [0, 0.1) is 11.8 Å². The largest absolute Gasteiger partial charge is 0.449 e. The van der Waals surface area contributed by atoms with Gasteiger partial charge < -0.3 is 0 Å². The standard InChI is InChI=1S/C19H29F3O/c1-2-3-4-5-6-7-8-9-10-11-12-13-14-15-16-17-18(23)19(20,21)22/h3-4H,2,7-17H2,1H3/b4-3-. The van der Waals surface area contributed by atoms with Crippen LogP contribution < -0.4 is 0 Å². The van der Waals surface area contributed by atoms with Gasteiger partial charge in [-0.15, -0.1) is 0 Å². The Morgan fingerprint density at radius 2 is 1.43 bits per heavy atom. The molecule has 23 heavy (non-hydrogen) atoms. The Bertz CT molecular complexity index is 386. The van der Waals surface area contributed by atoms with E-state index < -0.39 is 12.0 Å². The smallest absolute Gasteiger partial charge is 0.290 e. The maximum atomic E-state index is 12.0. The van der Waals surface area contributed by atoms with Crippen molar-refractivity contribution in [3.63, 3.8) is 0 Å². The number of hydrogen-bond acceptors (Lipinski definition) is 1. The number of alkyl halides is 3. The van der Waals surface area contributed by atoms with Gasteiger partial charge >= 0.3 is 6.18 Å². The van der Waals surface area contributed by atoms with Gasteiger partial charge in [0.05, 0.1) is 0 Å². The number of allylic oxidation sites excluding steroid dienone is 2.